The lowest BCUT2D eigenvalue weighted by Crippen LogP contribution is -2.31. The number of carbonyl (C=O) groups is 1. The number of rotatable bonds is 5. The van der Waals surface area contributed by atoms with Gasteiger partial charge in [-0.3, -0.25) is 4.79 Å². The van der Waals surface area contributed by atoms with Gasteiger partial charge in [-0.25, -0.2) is 0 Å². The van der Waals surface area contributed by atoms with Gasteiger partial charge in [-0.2, -0.15) is 0 Å². The molecule has 2 N–H and O–H groups in total. The summed E-state index contributed by atoms with van der Waals surface area (Å²) in [5.41, 5.74) is 1.59. The standard InChI is InChI=1S/C16H25NO.C2H4O2/c1-3-8-16(9-11-17(13-16)10-4-2)14-6-5-7-15(18)12-14;1-2(3)4/h5-7,12,18H,3-4,8-11,13H2,1-2H3;1H3,(H,3,4). The number of aliphatic carboxylic acids is 1. The molecule has 4 nitrogen and oxygen atoms in total. The van der Waals surface area contributed by atoms with Gasteiger partial charge in [-0.1, -0.05) is 32.4 Å². The van der Waals surface area contributed by atoms with Gasteiger partial charge in [0.2, 0.25) is 0 Å². The summed E-state index contributed by atoms with van der Waals surface area (Å²) in [5.74, 6) is -0.433. The Bertz CT molecular complexity index is 471. The highest BCUT2D eigenvalue weighted by Gasteiger charge is 2.38. The van der Waals surface area contributed by atoms with Crippen LogP contribution >= 0.6 is 0 Å². The van der Waals surface area contributed by atoms with Gasteiger partial charge in [0.15, 0.2) is 0 Å². The van der Waals surface area contributed by atoms with Crippen molar-refractivity contribution in [2.75, 3.05) is 19.6 Å². The van der Waals surface area contributed by atoms with Gasteiger partial charge in [0.05, 0.1) is 0 Å². The molecule has 0 aromatic heterocycles. The monoisotopic (exact) mass is 307 g/mol. The number of hydrogen-bond acceptors (Lipinski definition) is 3. The van der Waals surface area contributed by atoms with Crippen LogP contribution in [-0.4, -0.2) is 40.7 Å². The molecule has 0 aliphatic carbocycles. The molecule has 4 heteroatoms. The van der Waals surface area contributed by atoms with Crippen LogP contribution in [0.3, 0.4) is 0 Å². The summed E-state index contributed by atoms with van der Waals surface area (Å²) >= 11 is 0. The highest BCUT2D eigenvalue weighted by molar-refractivity contribution is 5.62. The molecule has 2 rings (SSSR count). The number of likely N-dealkylation sites (tertiary alicyclic amines) is 1. The molecule has 1 fully saturated rings. The molecule has 0 spiro atoms. The van der Waals surface area contributed by atoms with E-state index in [1.54, 1.807) is 6.07 Å². The third-order valence-electron chi connectivity index (χ3n) is 4.16. The van der Waals surface area contributed by atoms with Crippen LogP contribution in [0.5, 0.6) is 5.75 Å². The zero-order chi connectivity index (χ0) is 16.6. The van der Waals surface area contributed by atoms with Crippen LogP contribution in [0.25, 0.3) is 0 Å². The fraction of sp³-hybridized carbons (Fsp3) is 0.611. The third-order valence-corrected chi connectivity index (χ3v) is 4.16. The lowest BCUT2D eigenvalue weighted by Gasteiger charge is -2.30. The minimum absolute atomic E-state index is 0.267. The average Bonchev–Trinajstić information content (AvgIpc) is 2.84. The van der Waals surface area contributed by atoms with Crippen LogP contribution < -0.4 is 0 Å². The Morgan fingerprint density at radius 1 is 1.32 bits per heavy atom. The van der Waals surface area contributed by atoms with Crippen LogP contribution in [0.15, 0.2) is 24.3 Å². The predicted molar refractivity (Wildman–Crippen MR) is 89.4 cm³/mol. The molecule has 1 heterocycles. The van der Waals surface area contributed by atoms with Gasteiger partial charge in [-0.15, -0.1) is 0 Å². The maximum atomic E-state index is 9.71. The zero-order valence-corrected chi connectivity index (χ0v) is 14.0. The second-order valence-corrected chi connectivity index (χ2v) is 6.13. The van der Waals surface area contributed by atoms with Crippen molar-refractivity contribution in [1.82, 2.24) is 4.90 Å². The number of aromatic hydroxyl groups is 1. The fourth-order valence-electron chi connectivity index (χ4n) is 3.36. The van der Waals surface area contributed by atoms with Gasteiger partial charge in [-0.05, 0) is 50.0 Å². The molecule has 1 saturated heterocycles. The van der Waals surface area contributed by atoms with Crippen molar-refractivity contribution in [3.8, 4) is 5.75 Å². The van der Waals surface area contributed by atoms with E-state index in [4.69, 9.17) is 9.90 Å². The first-order chi connectivity index (χ1) is 10.4. The number of benzene rings is 1. The highest BCUT2D eigenvalue weighted by atomic mass is 16.4. The molecule has 1 aromatic rings. The zero-order valence-electron chi connectivity index (χ0n) is 14.0. The number of phenolic OH excluding ortho intramolecular Hbond substituents is 1. The first-order valence-corrected chi connectivity index (χ1v) is 8.15. The van der Waals surface area contributed by atoms with E-state index >= 15 is 0 Å². The Hall–Kier alpha value is -1.55. The number of carboxylic acids is 1. The highest BCUT2D eigenvalue weighted by Crippen LogP contribution is 2.39. The van der Waals surface area contributed by atoms with Crippen LogP contribution in [0, 0.1) is 0 Å². The van der Waals surface area contributed by atoms with Gasteiger partial charge < -0.3 is 15.1 Å². The molecule has 0 saturated carbocycles. The van der Waals surface area contributed by atoms with Crippen molar-refractivity contribution in [3.05, 3.63) is 29.8 Å². The van der Waals surface area contributed by atoms with Crippen LogP contribution in [-0.2, 0) is 10.2 Å². The molecular weight excluding hydrogens is 278 g/mol. The Balaban J connectivity index is 0.000000541. The van der Waals surface area contributed by atoms with Crippen LogP contribution in [0.4, 0.5) is 0 Å². The van der Waals surface area contributed by atoms with E-state index in [0.29, 0.717) is 5.75 Å². The molecule has 22 heavy (non-hydrogen) atoms. The number of hydrogen-bond donors (Lipinski definition) is 2. The predicted octanol–water partition coefficient (Wildman–Crippen LogP) is 3.64. The molecule has 1 atom stereocenters. The third kappa shape index (κ3) is 5.34. The average molecular weight is 307 g/mol. The van der Waals surface area contributed by atoms with Gasteiger partial charge in [0.1, 0.15) is 5.75 Å². The minimum atomic E-state index is -0.833. The summed E-state index contributed by atoms with van der Waals surface area (Å²) in [4.78, 5) is 11.6. The maximum absolute atomic E-state index is 9.71. The van der Waals surface area contributed by atoms with Gasteiger partial charge in [0, 0.05) is 18.9 Å². The minimum Gasteiger partial charge on any atom is -0.508 e. The fourth-order valence-corrected chi connectivity index (χ4v) is 3.36. The Morgan fingerprint density at radius 2 is 2.00 bits per heavy atom. The quantitative estimate of drug-likeness (QED) is 0.872. The second-order valence-electron chi connectivity index (χ2n) is 6.13. The molecule has 1 aliphatic rings. The molecular formula is C18H29NO3. The van der Waals surface area contributed by atoms with E-state index in [-0.39, 0.29) is 5.41 Å². The second kappa shape index (κ2) is 8.79. The topological polar surface area (TPSA) is 60.8 Å². The van der Waals surface area contributed by atoms with Crippen molar-refractivity contribution in [2.45, 2.75) is 51.9 Å². The van der Waals surface area contributed by atoms with Gasteiger partial charge >= 0.3 is 0 Å². The normalized spacial score (nSPS) is 21.2. The van der Waals surface area contributed by atoms with Crippen molar-refractivity contribution in [2.24, 2.45) is 0 Å². The maximum Gasteiger partial charge on any atom is 0.300 e. The van der Waals surface area contributed by atoms with E-state index < -0.39 is 5.97 Å². The van der Waals surface area contributed by atoms with E-state index in [9.17, 15) is 5.11 Å². The Labute approximate surface area is 133 Å². The van der Waals surface area contributed by atoms with Crippen molar-refractivity contribution in [1.29, 1.82) is 0 Å². The van der Waals surface area contributed by atoms with E-state index in [1.165, 1.54) is 44.3 Å². The summed E-state index contributed by atoms with van der Waals surface area (Å²) in [6.07, 6.45) is 4.87. The molecule has 1 aliphatic heterocycles. The smallest absolute Gasteiger partial charge is 0.300 e. The van der Waals surface area contributed by atoms with Gasteiger partial charge in [0.25, 0.3) is 5.97 Å². The lowest BCUT2D eigenvalue weighted by atomic mass is 9.76. The number of phenols is 1. The first-order valence-electron chi connectivity index (χ1n) is 8.15. The van der Waals surface area contributed by atoms with Crippen molar-refractivity contribution >= 4 is 5.97 Å². The summed E-state index contributed by atoms with van der Waals surface area (Å²) in [6.45, 7) is 9.13. The molecule has 0 radical (unpaired) electrons. The van der Waals surface area contributed by atoms with E-state index in [1.807, 2.05) is 12.1 Å². The van der Waals surface area contributed by atoms with Crippen LogP contribution in [0.1, 0.15) is 52.0 Å². The Kier molecular flexibility index (Phi) is 7.39. The summed E-state index contributed by atoms with van der Waals surface area (Å²) in [7, 11) is 0. The summed E-state index contributed by atoms with van der Waals surface area (Å²) < 4.78 is 0. The Morgan fingerprint density at radius 3 is 2.55 bits per heavy atom. The molecule has 0 amide bonds. The molecule has 124 valence electrons. The molecule has 1 unspecified atom stereocenters. The molecule has 0 bridgehead atoms. The van der Waals surface area contributed by atoms with Crippen LogP contribution in [0.2, 0.25) is 0 Å². The summed E-state index contributed by atoms with van der Waals surface area (Å²) in [6, 6.07) is 7.89. The largest absolute Gasteiger partial charge is 0.508 e. The van der Waals surface area contributed by atoms with E-state index in [2.05, 4.69) is 24.8 Å². The van der Waals surface area contributed by atoms with E-state index in [0.717, 1.165) is 13.5 Å². The SMILES string of the molecule is CC(=O)O.CCCN1CCC(CCC)(c2cccc(O)c2)C1. The van der Waals surface area contributed by atoms with Crippen molar-refractivity contribution in [3.63, 3.8) is 0 Å². The molecule has 1 aromatic carbocycles. The van der Waals surface area contributed by atoms with Crippen molar-refractivity contribution < 1.29 is 15.0 Å². The number of nitrogens with zero attached hydrogens (tertiary/aromatic N) is 1. The first kappa shape index (κ1) is 18.5. The lowest BCUT2D eigenvalue weighted by molar-refractivity contribution is -0.134. The summed E-state index contributed by atoms with van der Waals surface area (Å²) in [5, 5.41) is 17.1. The number of carboxylic acid groups (broad SMARTS) is 1.